The molecule has 1 aliphatic carbocycles. The fourth-order valence-corrected chi connectivity index (χ4v) is 4.21. The van der Waals surface area contributed by atoms with Crippen molar-refractivity contribution in [1.82, 2.24) is 0 Å². The third-order valence-corrected chi connectivity index (χ3v) is 5.15. The number of hydrogen-bond donors (Lipinski definition) is 2. The van der Waals surface area contributed by atoms with Gasteiger partial charge in [-0.05, 0) is 85.3 Å². The molecular weight excluding hydrogens is 280 g/mol. The van der Waals surface area contributed by atoms with Gasteiger partial charge >= 0.3 is 0 Å². The van der Waals surface area contributed by atoms with Gasteiger partial charge in [0.15, 0.2) is 0 Å². The van der Waals surface area contributed by atoms with E-state index in [-0.39, 0.29) is 0 Å². The Bertz CT molecular complexity index is 560. The quantitative estimate of drug-likeness (QED) is 0.805. The van der Waals surface area contributed by atoms with Gasteiger partial charge in [0.05, 0.1) is 0 Å². The summed E-state index contributed by atoms with van der Waals surface area (Å²) in [5.41, 5.74) is 16.1. The molecule has 0 amide bonds. The van der Waals surface area contributed by atoms with Crippen LogP contribution in [0.25, 0.3) is 0 Å². The number of nitrogens with two attached hydrogens (primary N) is 2. The van der Waals surface area contributed by atoms with Gasteiger partial charge in [-0.15, -0.1) is 0 Å². The van der Waals surface area contributed by atoms with Gasteiger partial charge in [-0.1, -0.05) is 31.2 Å². The van der Waals surface area contributed by atoms with E-state index >= 15 is 0 Å². The zero-order valence-corrected chi connectivity index (χ0v) is 14.0. The first-order chi connectivity index (χ1) is 11.1. The first-order valence-corrected chi connectivity index (χ1v) is 8.77. The van der Waals surface area contributed by atoms with Crippen molar-refractivity contribution < 1.29 is 0 Å². The van der Waals surface area contributed by atoms with E-state index in [1.165, 1.54) is 43.2 Å². The molecule has 1 aliphatic rings. The molecule has 1 fully saturated rings. The molecule has 1 saturated carbocycles. The highest BCUT2D eigenvalue weighted by Crippen LogP contribution is 2.36. The smallest absolute Gasteiger partial charge is 0.0314 e. The molecule has 2 aromatic carbocycles. The average molecular weight is 308 g/mol. The molecule has 2 aromatic rings. The van der Waals surface area contributed by atoms with Crippen molar-refractivity contribution in [3.8, 4) is 0 Å². The van der Waals surface area contributed by atoms with Crippen molar-refractivity contribution in [3.05, 3.63) is 59.7 Å². The lowest BCUT2D eigenvalue weighted by atomic mass is 9.72. The lowest BCUT2D eigenvalue weighted by Crippen LogP contribution is -2.24. The zero-order chi connectivity index (χ0) is 16.2. The highest BCUT2D eigenvalue weighted by molar-refractivity contribution is 5.40. The number of nitrogen functional groups attached to an aromatic ring is 2. The summed E-state index contributed by atoms with van der Waals surface area (Å²) in [5.74, 6) is 2.41. The van der Waals surface area contributed by atoms with Crippen LogP contribution in [0, 0.1) is 17.8 Å². The first-order valence-electron chi connectivity index (χ1n) is 8.77. The largest absolute Gasteiger partial charge is 0.399 e. The van der Waals surface area contributed by atoms with E-state index in [0.717, 1.165) is 29.1 Å². The third kappa shape index (κ3) is 4.51. The van der Waals surface area contributed by atoms with E-state index in [2.05, 4.69) is 31.2 Å². The molecule has 4 N–H and O–H groups in total. The van der Waals surface area contributed by atoms with Gasteiger partial charge in [0.25, 0.3) is 0 Å². The molecule has 0 radical (unpaired) electrons. The molecule has 2 heteroatoms. The standard InChI is InChI=1S/C21H28N2/c1-15-10-18(12-16-2-6-20(22)7-3-16)14-19(11-15)13-17-4-8-21(23)9-5-17/h2-9,15,18-19H,10-14,22-23H2,1H3. The fourth-order valence-electron chi connectivity index (χ4n) is 4.21. The molecule has 23 heavy (non-hydrogen) atoms. The molecule has 0 aliphatic heterocycles. The van der Waals surface area contributed by atoms with Crippen LogP contribution in [0.4, 0.5) is 11.4 Å². The predicted octanol–water partition coefficient (Wildman–Crippen LogP) is 4.69. The summed E-state index contributed by atoms with van der Waals surface area (Å²) in [6.45, 7) is 2.41. The monoisotopic (exact) mass is 308 g/mol. The Hall–Kier alpha value is -1.96. The van der Waals surface area contributed by atoms with E-state index in [1.54, 1.807) is 0 Å². The maximum absolute atomic E-state index is 5.79. The minimum atomic E-state index is 0.793. The Kier molecular flexibility index (Phi) is 4.90. The second-order valence-corrected chi connectivity index (χ2v) is 7.44. The Balaban J connectivity index is 1.62. The Morgan fingerprint density at radius 3 is 1.48 bits per heavy atom. The summed E-state index contributed by atoms with van der Waals surface area (Å²) >= 11 is 0. The van der Waals surface area contributed by atoms with E-state index in [0.29, 0.717) is 0 Å². The highest BCUT2D eigenvalue weighted by Gasteiger charge is 2.26. The van der Waals surface area contributed by atoms with Crippen molar-refractivity contribution in [1.29, 1.82) is 0 Å². The fraction of sp³-hybridized carbons (Fsp3) is 0.429. The summed E-state index contributed by atoms with van der Waals surface area (Å²) < 4.78 is 0. The van der Waals surface area contributed by atoms with Crippen molar-refractivity contribution in [2.45, 2.75) is 39.0 Å². The highest BCUT2D eigenvalue weighted by atomic mass is 14.5. The van der Waals surface area contributed by atoms with Gasteiger partial charge in [0.2, 0.25) is 0 Å². The van der Waals surface area contributed by atoms with Crippen molar-refractivity contribution in [3.63, 3.8) is 0 Å². The summed E-state index contributed by atoms with van der Waals surface area (Å²) in [5, 5.41) is 0. The van der Waals surface area contributed by atoms with Crippen LogP contribution in [0.1, 0.15) is 37.3 Å². The molecule has 0 aromatic heterocycles. The zero-order valence-electron chi connectivity index (χ0n) is 14.0. The van der Waals surface area contributed by atoms with E-state index in [1.807, 2.05) is 24.3 Å². The van der Waals surface area contributed by atoms with Gasteiger partial charge in [0.1, 0.15) is 0 Å². The lowest BCUT2D eigenvalue weighted by Gasteiger charge is -2.33. The van der Waals surface area contributed by atoms with Gasteiger partial charge in [-0.25, -0.2) is 0 Å². The number of rotatable bonds is 4. The summed E-state index contributed by atoms with van der Waals surface area (Å²) in [6.07, 6.45) is 6.40. The van der Waals surface area contributed by atoms with Gasteiger partial charge in [0, 0.05) is 11.4 Å². The van der Waals surface area contributed by atoms with Crippen LogP contribution in [0.3, 0.4) is 0 Å². The van der Waals surface area contributed by atoms with Crippen molar-refractivity contribution in [2.24, 2.45) is 17.8 Å². The van der Waals surface area contributed by atoms with Crippen LogP contribution in [-0.4, -0.2) is 0 Å². The second-order valence-electron chi connectivity index (χ2n) is 7.44. The first kappa shape index (κ1) is 15.9. The molecule has 3 rings (SSSR count). The summed E-state index contributed by atoms with van der Waals surface area (Å²) in [6, 6.07) is 16.8. The van der Waals surface area contributed by atoms with Gasteiger partial charge < -0.3 is 11.5 Å². The minimum Gasteiger partial charge on any atom is -0.399 e. The second kappa shape index (κ2) is 7.08. The molecule has 0 heterocycles. The van der Waals surface area contributed by atoms with Crippen LogP contribution >= 0.6 is 0 Å². The SMILES string of the molecule is CC1CC(Cc2ccc(N)cc2)CC(Cc2ccc(N)cc2)C1. The minimum absolute atomic E-state index is 0.793. The summed E-state index contributed by atoms with van der Waals surface area (Å²) in [7, 11) is 0. The van der Waals surface area contributed by atoms with Crippen LogP contribution < -0.4 is 11.5 Å². The molecular formula is C21H28N2. The van der Waals surface area contributed by atoms with E-state index < -0.39 is 0 Å². The van der Waals surface area contributed by atoms with E-state index in [9.17, 15) is 0 Å². The lowest BCUT2D eigenvalue weighted by molar-refractivity contribution is 0.204. The average Bonchev–Trinajstić information content (AvgIpc) is 2.51. The topological polar surface area (TPSA) is 52.0 Å². The molecule has 2 unspecified atom stereocenters. The van der Waals surface area contributed by atoms with Crippen LogP contribution in [-0.2, 0) is 12.8 Å². The molecule has 0 bridgehead atoms. The maximum Gasteiger partial charge on any atom is 0.0314 e. The molecule has 2 nitrogen and oxygen atoms in total. The van der Waals surface area contributed by atoms with Crippen molar-refractivity contribution in [2.75, 3.05) is 11.5 Å². The normalized spacial score (nSPS) is 24.5. The molecule has 122 valence electrons. The molecule has 2 atom stereocenters. The van der Waals surface area contributed by atoms with Crippen LogP contribution in [0.2, 0.25) is 0 Å². The van der Waals surface area contributed by atoms with Gasteiger partial charge in [-0.3, -0.25) is 0 Å². The van der Waals surface area contributed by atoms with Gasteiger partial charge in [-0.2, -0.15) is 0 Å². The van der Waals surface area contributed by atoms with Crippen LogP contribution in [0.5, 0.6) is 0 Å². The molecule has 0 saturated heterocycles. The maximum atomic E-state index is 5.79. The Labute approximate surface area is 139 Å². The molecule has 0 spiro atoms. The van der Waals surface area contributed by atoms with Crippen LogP contribution in [0.15, 0.2) is 48.5 Å². The van der Waals surface area contributed by atoms with Crippen molar-refractivity contribution >= 4 is 11.4 Å². The third-order valence-electron chi connectivity index (χ3n) is 5.15. The number of anilines is 2. The number of benzene rings is 2. The Morgan fingerprint density at radius 2 is 1.09 bits per heavy atom. The summed E-state index contributed by atoms with van der Waals surface area (Å²) in [4.78, 5) is 0. The van der Waals surface area contributed by atoms with E-state index in [4.69, 9.17) is 11.5 Å². The number of hydrogen-bond acceptors (Lipinski definition) is 2. The Morgan fingerprint density at radius 1 is 0.696 bits per heavy atom. The predicted molar refractivity (Wildman–Crippen MR) is 99.1 cm³/mol.